The molecular weight excluding hydrogens is 462 g/mol. The Labute approximate surface area is 211 Å². The summed E-state index contributed by atoms with van der Waals surface area (Å²) < 4.78 is 35.2. The van der Waals surface area contributed by atoms with E-state index in [1.165, 1.54) is 17.7 Å². The number of rotatable bonds is 9. The molecule has 0 spiro atoms. The van der Waals surface area contributed by atoms with Crippen molar-refractivity contribution in [2.45, 2.75) is 58.2 Å². The molecule has 0 aliphatic carbocycles. The van der Waals surface area contributed by atoms with Crippen molar-refractivity contribution in [1.29, 1.82) is 0 Å². The largest absolute Gasteiger partial charge is 0.493 e. The lowest BCUT2D eigenvalue weighted by Crippen LogP contribution is -2.43. The van der Waals surface area contributed by atoms with Gasteiger partial charge in [-0.3, -0.25) is 4.68 Å². The summed E-state index contributed by atoms with van der Waals surface area (Å²) in [6.07, 6.45) is 4.61. The fourth-order valence-corrected chi connectivity index (χ4v) is 4.76. The van der Waals surface area contributed by atoms with Gasteiger partial charge in [0.15, 0.2) is 0 Å². The first kappa shape index (κ1) is 26.1. The molecule has 0 saturated heterocycles. The maximum atomic E-state index is 13.8. The highest BCUT2D eigenvalue weighted by atomic mass is 19.1. The number of halogens is 2. The average molecular weight is 499 g/mol. The summed E-state index contributed by atoms with van der Waals surface area (Å²) in [5, 5.41) is 22.2. The van der Waals surface area contributed by atoms with Crippen molar-refractivity contribution in [3.8, 4) is 5.75 Å². The number of aliphatic hydroxyl groups is 1. The fourth-order valence-electron chi connectivity index (χ4n) is 4.76. The molecule has 8 heteroatoms. The number of hydrogen-bond acceptors (Lipinski definition) is 5. The van der Waals surface area contributed by atoms with E-state index in [0.29, 0.717) is 18.7 Å². The first-order valence-electron chi connectivity index (χ1n) is 12.4. The van der Waals surface area contributed by atoms with Crippen LogP contribution in [-0.4, -0.2) is 40.2 Å². The number of fused-ring (bicyclic) bond motifs is 1. The van der Waals surface area contributed by atoms with Gasteiger partial charge in [-0.1, -0.05) is 32.9 Å². The van der Waals surface area contributed by atoms with Gasteiger partial charge >= 0.3 is 0 Å². The van der Waals surface area contributed by atoms with Crippen LogP contribution in [0.4, 0.5) is 14.5 Å². The average Bonchev–Trinajstić information content (AvgIpc) is 3.20. The van der Waals surface area contributed by atoms with E-state index in [9.17, 15) is 13.9 Å². The first-order valence-corrected chi connectivity index (χ1v) is 12.4. The van der Waals surface area contributed by atoms with Crippen LogP contribution in [0.25, 0.3) is 0 Å². The number of hydrogen-bond donors (Lipinski definition) is 3. The Hall–Kier alpha value is -2.97. The van der Waals surface area contributed by atoms with Gasteiger partial charge in [-0.05, 0) is 47.6 Å². The molecule has 1 aliphatic rings. The van der Waals surface area contributed by atoms with Crippen LogP contribution in [0, 0.1) is 17.0 Å². The molecule has 0 radical (unpaired) electrons. The number of ether oxygens (including phenoxy) is 1. The molecule has 2 heterocycles. The van der Waals surface area contributed by atoms with E-state index in [-0.39, 0.29) is 17.9 Å². The number of aryl methyl sites for hydroxylation is 1. The highest BCUT2D eigenvalue weighted by molar-refractivity contribution is 5.42. The van der Waals surface area contributed by atoms with E-state index < -0.39 is 23.8 Å². The standard InChI is InChI=1S/C28H36F2N4O2/c1-28(2,3)14-18-5-6-27-23(11-18)24(7-8-36-27)31-16-26(35)25(33-22-15-32-34(4)17-22)12-19-9-20(29)13-21(30)10-19/h5-6,9-11,13,15,17,24-26,31,33,35H,7-8,12,14,16H2,1-4H3/t24-,25-,26+/m0/s1. The van der Waals surface area contributed by atoms with Crippen LogP contribution >= 0.6 is 0 Å². The van der Waals surface area contributed by atoms with Crippen molar-refractivity contribution >= 4 is 5.69 Å². The molecule has 4 rings (SSSR count). The third-order valence-corrected chi connectivity index (χ3v) is 6.32. The van der Waals surface area contributed by atoms with Gasteiger partial charge in [0, 0.05) is 43.9 Å². The molecule has 3 N–H and O–H groups in total. The molecule has 3 aromatic rings. The molecule has 36 heavy (non-hydrogen) atoms. The first-order chi connectivity index (χ1) is 17.1. The van der Waals surface area contributed by atoms with Crippen molar-refractivity contribution in [2.75, 3.05) is 18.5 Å². The Morgan fingerprint density at radius 2 is 1.89 bits per heavy atom. The second kappa shape index (κ2) is 11.0. The summed E-state index contributed by atoms with van der Waals surface area (Å²) in [5.74, 6) is -0.406. The van der Waals surface area contributed by atoms with E-state index in [0.717, 1.165) is 35.9 Å². The summed E-state index contributed by atoms with van der Waals surface area (Å²) in [5.41, 5.74) is 3.71. The Bertz CT molecular complexity index is 1150. The predicted molar refractivity (Wildman–Crippen MR) is 137 cm³/mol. The molecule has 3 atom stereocenters. The topological polar surface area (TPSA) is 71.3 Å². The lowest BCUT2D eigenvalue weighted by atomic mass is 9.86. The Morgan fingerprint density at radius 3 is 2.56 bits per heavy atom. The summed E-state index contributed by atoms with van der Waals surface area (Å²) in [7, 11) is 1.80. The van der Waals surface area contributed by atoms with Gasteiger partial charge in [0.1, 0.15) is 17.4 Å². The van der Waals surface area contributed by atoms with E-state index >= 15 is 0 Å². The third-order valence-electron chi connectivity index (χ3n) is 6.32. The lowest BCUT2D eigenvalue weighted by molar-refractivity contribution is 0.140. The minimum absolute atomic E-state index is 0.0361. The summed E-state index contributed by atoms with van der Waals surface area (Å²) in [4.78, 5) is 0. The zero-order chi connectivity index (χ0) is 25.9. The SMILES string of the molecule is Cn1cc(N[C@@H](Cc2cc(F)cc(F)c2)[C@H](O)CN[C@H]2CCOc3ccc(CC(C)(C)C)cc32)cn1. The van der Waals surface area contributed by atoms with Gasteiger partial charge in [0.05, 0.1) is 30.6 Å². The number of nitrogens with one attached hydrogen (secondary N) is 2. The maximum Gasteiger partial charge on any atom is 0.126 e. The van der Waals surface area contributed by atoms with Crippen LogP contribution in [0.15, 0.2) is 48.8 Å². The number of benzene rings is 2. The maximum absolute atomic E-state index is 13.8. The van der Waals surface area contributed by atoms with Crippen LogP contribution < -0.4 is 15.4 Å². The van der Waals surface area contributed by atoms with Crippen LogP contribution in [0.5, 0.6) is 5.75 Å². The van der Waals surface area contributed by atoms with Crippen molar-refractivity contribution in [3.63, 3.8) is 0 Å². The van der Waals surface area contributed by atoms with Gasteiger partial charge in [0.2, 0.25) is 0 Å². The van der Waals surface area contributed by atoms with Gasteiger partial charge < -0.3 is 20.5 Å². The van der Waals surface area contributed by atoms with Crippen molar-refractivity contribution in [1.82, 2.24) is 15.1 Å². The lowest BCUT2D eigenvalue weighted by Gasteiger charge is -2.31. The molecule has 194 valence electrons. The van der Waals surface area contributed by atoms with Crippen molar-refractivity contribution < 1.29 is 18.6 Å². The van der Waals surface area contributed by atoms with Crippen LogP contribution in [0.1, 0.15) is 49.9 Å². The van der Waals surface area contributed by atoms with Crippen LogP contribution in [0.2, 0.25) is 0 Å². The monoisotopic (exact) mass is 498 g/mol. The second-order valence-corrected chi connectivity index (χ2v) is 10.9. The summed E-state index contributed by atoms with van der Waals surface area (Å²) in [6, 6.07) is 9.34. The van der Waals surface area contributed by atoms with E-state index in [4.69, 9.17) is 4.74 Å². The number of anilines is 1. The van der Waals surface area contributed by atoms with Crippen LogP contribution in [0.3, 0.4) is 0 Å². The number of aliphatic hydroxyl groups excluding tert-OH is 1. The molecule has 6 nitrogen and oxygen atoms in total. The normalized spacial score (nSPS) is 17.2. The highest BCUT2D eigenvalue weighted by Gasteiger charge is 2.26. The molecule has 0 saturated carbocycles. The van der Waals surface area contributed by atoms with Crippen molar-refractivity contribution in [3.05, 3.63) is 77.1 Å². The summed E-state index contributed by atoms with van der Waals surface area (Å²) in [6.45, 7) is 7.54. The van der Waals surface area contributed by atoms with E-state index in [1.807, 2.05) is 6.07 Å². The number of nitrogens with zero attached hydrogens (tertiary/aromatic N) is 2. The fraction of sp³-hybridized carbons (Fsp3) is 0.464. The second-order valence-electron chi connectivity index (χ2n) is 10.9. The van der Waals surface area contributed by atoms with Gasteiger partial charge in [-0.25, -0.2) is 8.78 Å². The minimum atomic E-state index is -0.833. The molecule has 0 amide bonds. The minimum Gasteiger partial charge on any atom is -0.493 e. The molecular formula is C28H36F2N4O2. The Morgan fingerprint density at radius 1 is 1.14 bits per heavy atom. The van der Waals surface area contributed by atoms with Gasteiger partial charge in [0.25, 0.3) is 0 Å². The van der Waals surface area contributed by atoms with Gasteiger partial charge in [-0.2, -0.15) is 5.10 Å². The highest BCUT2D eigenvalue weighted by Crippen LogP contribution is 2.34. The Balaban J connectivity index is 1.49. The third kappa shape index (κ3) is 7.04. The predicted octanol–water partition coefficient (Wildman–Crippen LogP) is 4.78. The van der Waals surface area contributed by atoms with E-state index in [2.05, 4.69) is 48.6 Å². The van der Waals surface area contributed by atoms with Crippen LogP contribution in [-0.2, 0) is 19.9 Å². The summed E-state index contributed by atoms with van der Waals surface area (Å²) >= 11 is 0. The quantitative estimate of drug-likeness (QED) is 0.396. The zero-order valence-electron chi connectivity index (χ0n) is 21.4. The smallest absolute Gasteiger partial charge is 0.126 e. The van der Waals surface area contributed by atoms with E-state index in [1.54, 1.807) is 24.1 Å². The molecule has 1 aromatic heterocycles. The molecule has 0 bridgehead atoms. The van der Waals surface area contributed by atoms with Crippen molar-refractivity contribution in [2.24, 2.45) is 12.5 Å². The molecule has 1 aliphatic heterocycles. The molecule has 2 aromatic carbocycles. The number of aromatic nitrogens is 2. The molecule has 0 fully saturated rings. The molecule has 0 unspecified atom stereocenters. The zero-order valence-corrected chi connectivity index (χ0v) is 21.4. The van der Waals surface area contributed by atoms with Gasteiger partial charge in [-0.15, -0.1) is 0 Å². The Kier molecular flexibility index (Phi) is 7.95.